The number of ether oxygens (including phenoxy) is 1. The molecule has 0 saturated carbocycles. The van der Waals surface area contributed by atoms with E-state index in [0.29, 0.717) is 5.69 Å². The Kier molecular flexibility index (Phi) is 2.79. The van der Waals surface area contributed by atoms with Crippen molar-refractivity contribution in [2.75, 3.05) is 5.73 Å². The van der Waals surface area contributed by atoms with Gasteiger partial charge in [0.25, 0.3) is 0 Å². The van der Waals surface area contributed by atoms with E-state index in [9.17, 15) is 4.39 Å². The Hall–Kier alpha value is -2.56. The van der Waals surface area contributed by atoms with Crippen LogP contribution in [0.3, 0.4) is 0 Å². The van der Waals surface area contributed by atoms with E-state index in [2.05, 4.69) is 4.98 Å². The van der Waals surface area contributed by atoms with Crippen LogP contribution in [0.5, 0.6) is 5.75 Å². The number of anilines is 1. The van der Waals surface area contributed by atoms with Gasteiger partial charge in [-0.2, -0.15) is 0 Å². The fourth-order valence-corrected chi connectivity index (χ4v) is 1.87. The summed E-state index contributed by atoms with van der Waals surface area (Å²) in [6.07, 6.45) is 3.51. The molecule has 3 aromatic rings. The molecule has 96 valence electrons. The van der Waals surface area contributed by atoms with Gasteiger partial charge in [-0.3, -0.25) is 0 Å². The molecule has 0 amide bonds. The maximum absolute atomic E-state index is 13.4. The zero-order valence-corrected chi connectivity index (χ0v) is 10.1. The fourth-order valence-electron chi connectivity index (χ4n) is 1.87. The largest absolute Gasteiger partial charge is 0.484 e. The lowest BCUT2D eigenvalue weighted by atomic mass is 10.3. The number of nitrogen functional groups attached to an aromatic ring is 1. The number of hydrogen-bond acceptors (Lipinski definition) is 3. The number of halogens is 1. The van der Waals surface area contributed by atoms with Crippen LogP contribution in [0.25, 0.3) is 5.65 Å². The molecule has 5 heteroatoms. The molecule has 3 rings (SSSR count). The van der Waals surface area contributed by atoms with Gasteiger partial charge in [-0.15, -0.1) is 0 Å². The van der Waals surface area contributed by atoms with E-state index < -0.39 is 0 Å². The number of pyridine rings is 1. The zero-order chi connectivity index (χ0) is 13.2. The summed E-state index contributed by atoms with van der Waals surface area (Å²) in [6.45, 7) is 0.242. The molecule has 0 unspecified atom stereocenters. The van der Waals surface area contributed by atoms with Crippen molar-refractivity contribution in [2.24, 2.45) is 0 Å². The number of benzene rings is 1. The van der Waals surface area contributed by atoms with Crippen LogP contribution >= 0.6 is 0 Å². The standard InChI is InChI=1S/C14H12FN3O/c15-12-3-1-2-4-13(12)19-9-11-8-17-14-7-10(16)5-6-18(11)14/h1-8H,9,16H2. The van der Waals surface area contributed by atoms with Gasteiger partial charge in [-0.1, -0.05) is 12.1 Å². The predicted molar refractivity (Wildman–Crippen MR) is 70.3 cm³/mol. The molecular formula is C14H12FN3O. The highest BCUT2D eigenvalue weighted by Crippen LogP contribution is 2.18. The molecule has 0 aliphatic carbocycles. The minimum Gasteiger partial charge on any atom is -0.484 e. The fraction of sp³-hybridized carbons (Fsp3) is 0.0714. The molecule has 4 nitrogen and oxygen atoms in total. The lowest BCUT2D eigenvalue weighted by Crippen LogP contribution is -2.01. The molecule has 0 radical (unpaired) electrons. The normalized spacial score (nSPS) is 10.8. The summed E-state index contributed by atoms with van der Waals surface area (Å²) in [6, 6.07) is 9.86. The van der Waals surface area contributed by atoms with Gasteiger partial charge >= 0.3 is 0 Å². The van der Waals surface area contributed by atoms with Crippen molar-refractivity contribution < 1.29 is 9.13 Å². The molecule has 0 saturated heterocycles. The third-order valence-corrected chi connectivity index (χ3v) is 2.83. The lowest BCUT2D eigenvalue weighted by Gasteiger charge is -2.06. The van der Waals surface area contributed by atoms with Gasteiger partial charge in [0.05, 0.1) is 11.9 Å². The number of fused-ring (bicyclic) bond motifs is 1. The van der Waals surface area contributed by atoms with Gasteiger partial charge in [0, 0.05) is 18.0 Å². The minimum atomic E-state index is -0.374. The highest BCUT2D eigenvalue weighted by Gasteiger charge is 2.06. The van der Waals surface area contributed by atoms with Gasteiger partial charge < -0.3 is 14.9 Å². The van der Waals surface area contributed by atoms with E-state index in [1.54, 1.807) is 36.5 Å². The number of rotatable bonds is 3. The second kappa shape index (κ2) is 4.61. The number of nitrogens with two attached hydrogens (primary N) is 1. The molecule has 0 atom stereocenters. The van der Waals surface area contributed by atoms with Crippen molar-refractivity contribution in [2.45, 2.75) is 6.61 Å². The molecule has 1 aromatic carbocycles. The van der Waals surface area contributed by atoms with Crippen molar-refractivity contribution in [1.29, 1.82) is 0 Å². The molecule has 19 heavy (non-hydrogen) atoms. The molecule has 0 aliphatic heterocycles. The van der Waals surface area contributed by atoms with Crippen LogP contribution in [0, 0.1) is 5.82 Å². The Balaban J connectivity index is 1.84. The van der Waals surface area contributed by atoms with Crippen molar-refractivity contribution in [1.82, 2.24) is 9.38 Å². The van der Waals surface area contributed by atoms with Crippen LogP contribution in [-0.2, 0) is 6.61 Å². The Labute approximate surface area is 109 Å². The van der Waals surface area contributed by atoms with Crippen molar-refractivity contribution in [3.05, 3.63) is 60.3 Å². The summed E-state index contributed by atoms with van der Waals surface area (Å²) in [5.41, 5.74) is 7.91. The van der Waals surface area contributed by atoms with Crippen LogP contribution in [0.1, 0.15) is 5.69 Å². The van der Waals surface area contributed by atoms with Crippen LogP contribution in [0.2, 0.25) is 0 Å². The van der Waals surface area contributed by atoms with Gasteiger partial charge in [-0.25, -0.2) is 9.37 Å². The van der Waals surface area contributed by atoms with Crippen LogP contribution < -0.4 is 10.5 Å². The highest BCUT2D eigenvalue weighted by atomic mass is 19.1. The summed E-state index contributed by atoms with van der Waals surface area (Å²) < 4.78 is 20.7. The van der Waals surface area contributed by atoms with Gasteiger partial charge in [0.15, 0.2) is 11.6 Å². The lowest BCUT2D eigenvalue weighted by molar-refractivity contribution is 0.285. The number of nitrogens with zero attached hydrogens (tertiary/aromatic N) is 2. The first-order valence-corrected chi connectivity index (χ1v) is 5.83. The average Bonchev–Trinajstić information content (AvgIpc) is 2.80. The second-order valence-corrected chi connectivity index (χ2v) is 4.16. The van der Waals surface area contributed by atoms with Gasteiger partial charge in [0.2, 0.25) is 0 Å². The Bertz CT molecular complexity index is 724. The third-order valence-electron chi connectivity index (χ3n) is 2.83. The molecule has 2 heterocycles. The monoisotopic (exact) mass is 257 g/mol. The van der Waals surface area contributed by atoms with E-state index >= 15 is 0 Å². The SMILES string of the molecule is Nc1ccn2c(COc3ccccc3F)cnc2c1. The summed E-state index contributed by atoms with van der Waals surface area (Å²) in [5.74, 6) is -0.145. The van der Waals surface area contributed by atoms with Crippen LogP contribution in [0.4, 0.5) is 10.1 Å². The maximum Gasteiger partial charge on any atom is 0.165 e. The summed E-state index contributed by atoms with van der Waals surface area (Å²) in [7, 11) is 0. The molecule has 0 fully saturated rings. The Morgan fingerprint density at radius 3 is 2.95 bits per heavy atom. The van der Waals surface area contributed by atoms with E-state index in [0.717, 1.165) is 11.3 Å². The number of aromatic nitrogens is 2. The van der Waals surface area contributed by atoms with Gasteiger partial charge in [0.1, 0.15) is 12.3 Å². The van der Waals surface area contributed by atoms with Crippen molar-refractivity contribution in [3.8, 4) is 5.75 Å². The smallest absolute Gasteiger partial charge is 0.165 e. The predicted octanol–water partition coefficient (Wildman–Crippen LogP) is 2.63. The molecule has 0 aliphatic rings. The van der Waals surface area contributed by atoms with E-state index in [4.69, 9.17) is 10.5 Å². The number of para-hydroxylation sites is 1. The molecular weight excluding hydrogens is 245 g/mol. The first kappa shape index (κ1) is 11.5. The van der Waals surface area contributed by atoms with Crippen molar-refractivity contribution >= 4 is 11.3 Å². The first-order chi connectivity index (χ1) is 9.24. The first-order valence-electron chi connectivity index (χ1n) is 5.83. The highest BCUT2D eigenvalue weighted by molar-refractivity contribution is 5.52. The number of imidazole rings is 1. The topological polar surface area (TPSA) is 52.5 Å². The quantitative estimate of drug-likeness (QED) is 0.784. The maximum atomic E-state index is 13.4. The summed E-state index contributed by atoms with van der Waals surface area (Å²) in [4.78, 5) is 4.22. The van der Waals surface area contributed by atoms with Crippen LogP contribution in [0.15, 0.2) is 48.8 Å². The van der Waals surface area contributed by atoms with Crippen molar-refractivity contribution in [3.63, 3.8) is 0 Å². The summed E-state index contributed by atoms with van der Waals surface area (Å²) >= 11 is 0. The Morgan fingerprint density at radius 1 is 1.26 bits per heavy atom. The summed E-state index contributed by atoms with van der Waals surface area (Å²) in [5, 5.41) is 0. The Morgan fingerprint density at radius 2 is 2.11 bits per heavy atom. The van der Waals surface area contributed by atoms with E-state index in [1.807, 2.05) is 10.6 Å². The average molecular weight is 257 g/mol. The molecule has 2 N–H and O–H groups in total. The van der Waals surface area contributed by atoms with E-state index in [-0.39, 0.29) is 18.2 Å². The minimum absolute atomic E-state index is 0.230. The van der Waals surface area contributed by atoms with E-state index in [1.165, 1.54) is 6.07 Å². The number of hydrogen-bond donors (Lipinski definition) is 1. The molecule has 0 spiro atoms. The van der Waals surface area contributed by atoms with Crippen LogP contribution in [-0.4, -0.2) is 9.38 Å². The third kappa shape index (κ3) is 2.22. The van der Waals surface area contributed by atoms with Gasteiger partial charge in [-0.05, 0) is 18.2 Å². The molecule has 2 aromatic heterocycles. The second-order valence-electron chi connectivity index (χ2n) is 4.16. The zero-order valence-electron chi connectivity index (χ0n) is 10.1. The molecule has 0 bridgehead atoms.